The van der Waals surface area contributed by atoms with Crippen LogP contribution in [0.15, 0.2) is 36.5 Å². The third-order valence-corrected chi connectivity index (χ3v) is 6.36. The molecule has 0 fully saturated rings. The fraction of sp³-hybridized carbons (Fsp3) is 0.393. The zero-order chi connectivity index (χ0) is 21.1. The highest BCUT2D eigenvalue weighted by atomic mass is 14.9. The highest BCUT2D eigenvalue weighted by Gasteiger charge is 2.28. The first kappa shape index (κ1) is 19.9. The molecule has 0 saturated carbocycles. The van der Waals surface area contributed by atoms with Gasteiger partial charge in [-0.1, -0.05) is 45.0 Å². The van der Waals surface area contributed by atoms with E-state index < -0.39 is 0 Å². The molecule has 1 aliphatic rings. The van der Waals surface area contributed by atoms with Crippen molar-refractivity contribution in [1.29, 1.82) is 0 Å². The molecule has 0 N–H and O–H groups in total. The molecular formula is C28H34N+. The van der Waals surface area contributed by atoms with Crippen molar-refractivity contribution in [3.8, 4) is 22.4 Å². The van der Waals surface area contributed by atoms with Crippen molar-refractivity contribution in [1.82, 2.24) is 0 Å². The summed E-state index contributed by atoms with van der Waals surface area (Å²) in [4.78, 5) is 0. The largest absolute Gasteiger partial charge is 0.213 e. The maximum Gasteiger partial charge on any atom is 0.213 e. The molecule has 0 saturated heterocycles. The van der Waals surface area contributed by atoms with Crippen molar-refractivity contribution in [2.45, 2.75) is 61.3 Å². The number of nitrogens with zero attached hydrogens (tertiary/aromatic N) is 1. The molecule has 1 nitrogen and oxygen atoms in total. The average Bonchev–Trinajstić information content (AvgIpc) is 2.96. The number of aromatic nitrogens is 1. The molecule has 29 heavy (non-hydrogen) atoms. The molecule has 0 aliphatic heterocycles. The van der Waals surface area contributed by atoms with Gasteiger partial charge in [0.1, 0.15) is 7.05 Å². The van der Waals surface area contributed by atoms with Crippen LogP contribution in [0.5, 0.6) is 0 Å². The molecule has 0 unspecified atom stereocenters. The standard InChI is InChI=1S/C28H34N/c1-17-12-25(29(8)16-20(17)4)27-19(3)11-18(2)26-23-10-9-21(15-28(5,6)7)13-22(23)14-24(26)27/h9-13,16H,14-15H2,1-8H3/q+1. The summed E-state index contributed by atoms with van der Waals surface area (Å²) in [5.41, 5.74) is 15.9. The van der Waals surface area contributed by atoms with Gasteiger partial charge in [-0.25, -0.2) is 4.57 Å². The SMILES string of the molecule is Cc1cc(-c2c(C)cc(C)c3c2Cc2cc(CC(C)(C)C)ccc2-3)[n+](C)cc1C. The van der Waals surface area contributed by atoms with E-state index >= 15 is 0 Å². The number of fused-ring (bicyclic) bond motifs is 3. The van der Waals surface area contributed by atoms with E-state index in [9.17, 15) is 0 Å². The van der Waals surface area contributed by atoms with Crippen LogP contribution in [-0.4, -0.2) is 0 Å². The molecule has 0 amide bonds. The second kappa shape index (κ2) is 6.83. The summed E-state index contributed by atoms with van der Waals surface area (Å²) >= 11 is 0. The number of aryl methyl sites for hydroxylation is 5. The van der Waals surface area contributed by atoms with Gasteiger partial charge in [0, 0.05) is 11.6 Å². The molecule has 2 aromatic carbocycles. The van der Waals surface area contributed by atoms with Gasteiger partial charge in [-0.15, -0.1) is 0 Å². The van der Waals surface area contributed by atoms with Crippen molar-refractivity contribution in [3.05, 3.63) is 75.5 Å². The lowest BCUT2D eigenvalue weighted by Crippen LogP contribution is -2.32. The Labute approximate surface area is 176 Å². The molecule has 4 rings (SSSR count). The Morgan fingerprint density at radius 2 is 1.52 bits per heavy atom. The third-order valence-electron chi connectivity index (χ3n) is 6.36. The molecule has 150 valence electrons. The summed E-state index contributed by atoms with van der Waals surface area (Å²) in [5.74, 6) is 0. The first-order valence-corrected chi connectivity index (χ1v) is 10.8. The van der Waals surface area contributed by atoms with Crippen LogP contribution in [0, 0.1) is 33.1 Å². The van der Waals surface area contributed by atoms with Gasteiger partial charge in [-0.05, 0) is 90.5 Å². The molecule has 0 bridgehead atoms. The number of pyridine rings is 1. The molecule has 1 heterocycles. The number of hydrogen-bond donors (Lipinski definition) is 0. The minimum atomic E-state index is 0.310. The van der Waals surface area contributed by atoms with Gasteiger partial charge < -0.3 is 0 Å². The summed E-state index contributed by atoms with van der Waals surface area (Å²) in [7, 11) is 2.18. The second-order valence-electron chi connectivity index (χ2n) is 10.3. The topological polar surface area (TPSA) is 3.88 Å². The average molecular weight is 385 g/mol. The summed E-state index contributed by atoms with van der Waals surface area (Å²) < 4.78 is 2.30. The van der Waals surface area contributed by atoms with Gasteiger partial charge in [0.15, 0.2) is 6.20 Å². The minimum Gasteiger partial charge on any atom is -0.201 e. The van der Waals surface area contributed by atoms with E-state index in [2.05, 4.69) is 96.6 Å². The molecular weight excluding hydrogens is 350 g/mol. The van der Waals surface area contributed by atoms with Crippen LogP contribution in [-0.2, 0) is 19.9 Å². The summed E-state index contributed by atoms with van der Waals surface area (Å²) in [6, 6.07) is 11.9. The molecule has 1 aliphatic carbocycles. The van der Waals surface area contributed by atoms with Gasteiger partial charge in [0.05, 0.1) is 5.56 Å². The van der Waals surface area contributed by atoms with Crippen molar-refractivity contribution in [2.24, 2.45) is 12.5 Å². The second-order valence-corrected chi connectivity index (χ2v) is 10.3. The van der Waals surface area contributed by atoms with Crippen LogP contribution in [0.4, 0.5) is 0 Å². The predicted octanol–water partition coefficient (Wildman–Crippen LogP) is 6.57. The fourth-order valence-electron chi connectivity index (χ4n) is 5.06. The van der Waals surface area contributed by atoms with Crippen molar-refractivity contribution >= 4 is 0 Å². The van der Waals surface area contributed by atoms with E-state index in [0.29, 0.717) is 5.41 Å². The van der Waals surface area contributed by atoms with Gasteiger partial charge >= 0.3 is 0 Å². The smallest absolute Gasteiger partial charge is 0.201 e. The summed E-state index contributed by atoms with van der Waals surface area (Å²) in [5, 5.41) is 0. The van der Waals surface area contributed by atoms with Gasteiger partial charge in [-0.2, -0.15) is 0 Å². The molecule has 0 atom stereocenters. The Hall–Kier alpha value is -2.41. The normalized spacial score (nSPS) is 12.8. The lowest BCUT2D eigenvalue weighted by atomic mass is 9.87. The van der Waals surface area contributed by atoms with E-state index in [0.717, 1.165) is 12.8 Å². The summed E-state index contributed by atoms with van der Waals surface area (Å²) in [6.45, 7) is 15.9. The Balaban J connectivity index is 1.90. The van der Waals surface area contributed by atoms with E-state index in [4.69, 9.17) is 0 Å². The number of hydrogen-bond acceptors (Lipinski definition) is 0. The Morgan fingerprint density at radius 3 is 2.21 bits per heavy atom. The first-order chi connectivity index (χ1) is 13.5. The lowest BCUT2D eigenvalue weighted by Gasteiger charge is -2.18. The van der Waals surface area contributed by atoms with Crippen molar-refractivity contribution in [2.75, 3.05) is 0 Å². The molecule has 3 aromatic rings. The highest BCUT2D eigenvalue weighted by molar-refractivity contribution is 5.87. The quantitative estimate of drug-likeness (QED) is 0.344. The minimum absolute atomic E-state index is 0.310. The number of benzene rings is 2. The van der Waals surface area contributed by atoms with Crippen LogP contribution in [0.2, 0.25) is 0 Å². The van der Waals surface area contributed by atoms with E-state index in [-0.39, 0.29) is 0 Å². The van der Waals surface area contributed by atoms with Gasteiger partial charge in [0.2, 0.25) is 5.69 Å². The number of rotatable bonds is 2. The third kappa shape index (κ3) is 3.52. The van der Waals surface area contributed by atoms with Crippen LogP contribution < -0.4 is 4.57 Å². The fourth-order valence-corrected chi connectivity index (χ4v) is 5.06. The van der Waals surface area contributed by atoms with E-state index in [1.54, 1.807) is 0 Å². The van der Waals surface area contributed by atoms with Crippen LogP contribution >= 0.6 is 0 Å². The monoisotopic (exact) mass is 384 g/mol. The van der Waals surface area contributed by atoms with Crippen molar-refractivity contribution in [3.63, 3.8) is 0 Å². The lowest BCUT2D eigenvalue weighted by molar-refractivity contribution is -0.660. The Kier molecular flexibility index (Phi) is 4.69. The Bertz CT molecular complexity index is 1130. The predicted molar refractivity (Wildman–Crippen MR) is 123 cm³/mol. The van der Waals surface area contributed by atoms with Crippen molar-refractivity contribution < 1.29 is 4.57 Å². The maximum atomic E-state index is 2.46. The van der Waals surface area contributed by atoms with Crippen LogP contribution in [0.3, 0.4) is 0 Å². The van der Waals surface area contributed by atoms with E-state index in [1.165, 1.54) is 61.3 Å². The molecule has 0 spiro atoms. The summed E-state index contributed by atoms with van der Waals surface area (Å²) in [6.07, 6.45) is 4.42. The van der Waals surface area contributed by atoms with Crippen LogP contribution in [0.1, 0.15) is 59.7 Å². The van der Waals surface area contributed by atoms with E-state index in [1.807, 2.05) is 0 Å². The first-order valence-electron chi connectivity index (χ1n) is 10.8. The Morgan fingerprint density at radius 1 is 0.828 bits per heavy atom. The van der Waals surface area contributed by atoms with Gasteiger partial charge in [0.25, 0.3) is 0 Å². The molecule has 0 radical (unpaired) electrons. The molecule has 1 heteroatoms. The van der Waals surface area contributed by atoms with Gasteiger partial charge in [-0.3, -0.25) is 0 Å². The maximum absolute atomic E-state index is 2.46. The zero-order valence-electron chi connectivity index (χ0n) is 19.3. The zero-order valence-corrected chi connectivity index (χ0v) is 19.3. The molecule has 1 aromatic heterocycles. The highest BCUT2D eigenvalue weighted by Crippen LogP contribution is 2.45. The van der Waals surface area contributed by atoms with Crippen LogP contribution in [0.25, 0.3) is 22.4 Å².